The molecule has 0 radical (unpaired) electrons. The average Bonchev–Trinajstić information content (AvgIpc) is 2.41. The predicted molar refractivity (Wildman–Crippen MR) is 77.6 cm³/mol. The fraction of sp³-hybridized carbons (Fsp3) is 0.200. The Morgan fingerprint density at radius 1 is 1.16 bits per heavy atom. The number of nitrogens with two attached hydrogens (primary N) is 2. The van der Waals surface area contributed by atoms with Crippen LogP contribution in [0.1, 0.15) is 18.7 Å². The van der Waals surface area contributed by atoms with Crippen LogP contribution in [-0.4, -0.2) is 11.9 Å². The van der Waals surface area contributed by atoms with Crippen molar-refractivity contribution < 1.29 is 4.74 Å². The summed E-state index contributed by atoms with van der Waals surface area (Å²) in [7, 11) is 1.96. The van der Waals surface area contributed by atoms with Crippen LogP contribution >= 0.6 is 0 Å². The lowest BCUT2D eigenvalue weighted by molar-refractivity contribution is 0.0180. The molecule has 100 valence electrons. The second kappa shape index (κ2) is 5.52. The Morgan fingerprint density at radius 2 is 1.84 bits per heavy atom. The van der Waals surface area contributed by atoms with Crippen LogP contribution in [0.2, 0.25) is 0 Å². The molecule has 1 unspecified atom stereocenters. The quantitative estimate of drug-likeness (QED) is 0.759. The minimum absolute atomic E-state index is 0.201. The third-order valence-corrected chi connectivity index (χ3v) is 2.87. The van der Waals surface area contributed by atoms with Gasteiger partial charge in [0.2, 0.25) is 0 Å². The summed E-state index contributed by atoms with van der Waals surface area (Å²) in [5.41, 5.74) is 14.0. The highest BCUT2D eigenvalue weighted by Crippen LogP contribution is 2.25. The van der Waals surface area contributed by atoms with Gasteiger partial charge in [-0.25, -0.2) is 0 Å². The number of allylic oxidation sites excluding steroid dienone is 4. The third-order valence-electron chi connectivity index (χ3n) is 2.87. The van der Waals surface area contributed by atoms with E-state index in [-0.39, 0.29) is 6.23 Å². The van der Waals surface area contributed by atoms with Gasteiger partial charge in [-0.05, 0) is 37.3 Å². The van der Waals surface area contributed by atoms with Gasteiger partial charge in [0, 0.05) is 30.2 Å². The summed E-state index contributed by atoms with van der Waals surface area (Å²) in [6, 6.07) is 7.67. The van der Waals surface area contributed by atoms with E-state index in [0.29, 0.717) is 5.70 Å². The van der Waals surface area contributed by atoms with E-state index < -0.39 is 0 Å². The molecule has 1 aromatic rings. The first-order valence-corrected chi connectivity index (χ1v) is 6.12. The molecular formula is C15H19N3O. The second-order valence-corrected chi connectivity index (χ2v) is 4.57. The summed E-state index contributed by atoms with van der Waals surface area (Å²) < 4.78 is 5.95. The van der Waals surface area contributed by atoms with E-state index >= 15 is 0 Å². The Bertz CT molecular complexity index is 529. The van der Waals surface area contributed by atoms with Gasteiger partial charge < -0.3 is 21.1 Å². The minimum atomic E-state index is -0.201. The lowest BCUT2D eigenvalue weighted by atomic mass is 10.1. The van der Waals surface area contributed by atoms with Crippen LogP contribution in [-0.2, 0) is 4.74 Å². The van der Waals surface area contributed by atoms with Gasteiger partial charge in [0.05, 0.1) is 5.76 Å². The number of ether oxygens (including phenoxy) is 1. The average molecular weight is 257 g/mol. The molecule has 1 atom stereocenters. The van der Waals surface area contributed by atoms with Crippen molar-refractivity contribution in [2.75, 3.05) is 12.8 Å². The first-order valence-electron chi connectivity index (χ1n) is 6.12. The molecular weight excluding hydrogens is 238 g/mol. The van der Waals surface area contributed by atoms with Gasteiger partial charge in [0.1, 0.15) is 0 Å². The molecule has 1 heterocycles. The van der Waals surface area contributed by atoms with Gasteiger partial charge in [-0.1, -0.05) is 12.1 Å². The number of benzene rings is 1. The third kappa shape index (κ3) is 3.31. The van der Waals surface area contributed by atoms with Crippen LogP contribution in [0.5, 0.6) is 0 Å². The molecule has 1 aromatic carbocycles. The van der Waals surface area contributed by atoms with Crippen molar-refractivity contribution in [3.05, 3.63) is 65.7 Å². The lowest BCUT2D eigenvalue weighted by Gasteiger charge is -2.28. The van der Waals surface area contributed by atoms with Crippen molar-refractivity contribution in [2.24, 2.45) is 5.73 Å². The fourth-order valence-electron chi connectivity index (χ4n) is 1.91. The zero-order valence-electron chi connectivity index (χ0n) is 11.2. The van der Waals surface area contributed by atoms with E-state index in [9.17, 15) is 0 Å². The molecule has 4 N–H and O–H groups in total. The van der Waals surface area contributed by atoms with Gasteiger partial charge >= 0.3 is 0 Å². The summed E-state index contributed by atoms with van der Waals surface area (Å²) >= 11 is 0. The van der Waals surface area contributed by atoms with Gasteiger partial charge in [-0.2, -0.15) is 0 Å². The molecule has 4 heteroatoms. The maximum absolute atomic E-state index is 5.95. The molecule has 0 amide bonds. The highest BCUT2D eigenvalue weighted by molar-refractivity contribution is 5.40. The number of rotatable bonds is 1. The number of hydrogen-bond donors (Lipinski definition) is 2. The zero-order valence-corrected chi connectivity index (χ0v) is 11.2. The van der Waals surface area contributed by atoms with Crippen molar-refractivity contribution in [1.82, 2.24) is 4.90 Å². The largest absolute Gasteiger partial charge is 0.471 e. The van der Waals surface area contributed by atoms with Crippen LogP contribution in [0.4, 0.5) is 5.69 Å². The van der Waals surface area contributed by atoms with Crippen LogP contribution in [0, 0.1) is 0 Å². The molecule has 2 rings (SSSR count). The summed E-state index contributed by atoms with van der Waals surface area (Å²) in [5.74, 6) is 0.770. The summed E-state index contributed by atoms with van der Waals surface area (Å²) in [4.78, 5) is 1.98. The predicted octanol–water partition coefficient (Wildman–Crippen LogP) is 2.49. The number of nitrogen functional groups attached to an aromatic ring is 1. The summed E-state index contributed by atoms with van der Waals surface area (Å²) in [6.07, 6.45) is 7.29. The molecule has 0 bridgehead atoms. The van der Waals surface area contributed by atoms with Crippen molar-refractivity contribution in [1.29, 1.82) is 0 Å². The van der Waals surface area contributed by atoms with E-state index in [4.69, 9.17) is 16.2 Å². The Kier molecular flexibility index (Phi) is 3.80. The monoisotopic (exact) mass is 257 g/mol. The second-order valence-electron chi connectivity index (χ2n) is 4.57. The zero-order chi connectivity index (χ0) is 13.8. The topological polar surface area (TPSA) is 64.5 Å². The van der Waals surface area contributed by atoms with Crippen LogP contribution in [0.15, 0.2) is 60.1 Å². The molecule has 1 aliphatic heterocycles. The van der Waals surface area contributed by atoms with Crippen molar-refractivity contribution >= 4 is 5.69 Å². The van der Waals surface area contributed by atoms with Gasteiger partial charge in [-0.15, -0.1) is 0 Å². The van der Waals surface area contributed by atoms with E-state index in [0.717, 1.165) is 17.0 Å². The smallest absolute Gasteiger partial charge is 0.197 e. The Hall–Kier alpha value is -2.36. The first kappa shape index (κ1) is 13.1. The van der Waals surface area contributed by atoms with Crippen LogP contribution < -0.4 is 11.5 Å². The minimum Gasteiger partial charge on any atom is -0.471 e. The molecule has 0 fully saturated rings. The van der Waals surface area contributed by atoms with Gasteiger partial charge in [0.15, 0.2) is 6.23 Å². The Balaban J connectivity index is 2.33. The molecule has 0 saturated heterocycles. The van der Waals surface area contributed by atoms with E-state index in [1.807, 2.05) is 67.6 Å². The van der Waals surface area contributed by atoms with E-state index in [1.165, 1.54) is 0 Å². The van der Waals surface area contributed by atoms with Crippen molar-refractivity contribution in [2.45, 2.75) is 13.2 Å². The standard InChI is InChI=1S/C15H19N3O/c1-11-10-14(17)4-3-9-18(2)15(19-11)12-5-7-13(16)8-6-12/h3-10,15H,16-17H2,1-2H3/b9-3+,11-10+,14-4+. The first-order chi connectivity index (χ1) is 9.06. The fourth-order valence-corrected chi connectivity index (χ4v) is 1.91. The molecule has 19 heavy (non-hydrogen) atoms. The highest BCUT2D eigenvalue weighted by Gasteiger charge is 2.17. The molecule has 0 aromatic heterocycles. The van der Waals surface area contributed by atoms with Crippen molar-refractivity contribution in [3.63, 3.8) is 0 Å². The molecule has 0 spiro atoms. The Labute approximate surface area is 113 Å². The molecule has 4 nitrogen and oxygen atoms in total. The SMILES string of the molecule is C\C1=C/C(N)=C\C=C\N(C)C(c2ccc(N)cc2)O1. The summed E-state index contributed by atoms with van der Waals surface area (Å²) in [6.45, 7) is 1.89. The maximum Gasteiger partial charge on any atom is 0.197 e. The maximum atomic E-state index is 5.95. The molecule has 0 aliphatic carbocycles. The van der Waals surface area contributed by atoms with E-state index in [2.05, 4.69) is 0 Å². The lowest BCUT2D eigenvalue weighted by Crippen LogP contribution is -2.21. The Morgan fingerprint density at radius 3 is 2.53 bits per heavy atom. The normalized spacial score (nSPS) is 26.8. The van der Waals surface area contributed by atoms with E-state index in [1.54, 1.807) is 0 Å². The van der Waals surface area contributed by atoms with Crippen LogP contribution in [0.25, 0.3) is 0 Å². The molecule has 0 saturated carbocycles. The number of nitrogens with zero attached hydrogens (tertiary/aromatic N) is 1. The summed E-state index contributed by atoms with van der Waals surface area (Å²) in [5, 5.41) is 0. The molecule has 1 aliphatic rings. The van der Waals surface area contributed by atoms with Crippen molar-refractivity contribution in [3.8, 4) is 0 Å². The van der Waals surface area contributed by atoms with Crippen LogP contribution in [0.3, 0.4) is 0 Å². The number of anilines is 1. The number of hydrogen-bond acceptors (Lipinski definition) is 4. The highest BCUT2D eigenvalue weighted by atomic mass is 16.5. The van der Waals surface area contributed by atoms with Gasteiger partial charge in [0.25, 0.3) is 0 Å². The van der Waals surface area contributed by atoms with Gasteiger partial charge in [-0.3, -0.25) is 0 Å².